The highest BCUT2D eigenvalue weighted by molar-refractivity contribution is 7.93. The lowest BCUT2D eigenvalue weighted by molar-refractivity contribution is -0.123. The van der Waals surface area contributed by atoms with Gasteiger partial charge in [0.25, 0.3) is 0 Å². The van der Waals surface area contributed by atoms with Crippen molar-refractivity contribution in [1.82, 2.24) is 5.32 Å². The minimum absolute atomic E-state index is 0.271. The molecule has 0 spiro atoms. The molecule has 1 aromatic carbocycles. The summed E-state index contributed by atoms with van der Waals surface area (Å²) in [5.74, 6) is -0.318. The van der Waals surface area contributed by atoms with E-state index < -0.39 is 14.6 Å². The van der Waals surface area contributed by atoms with Crippen molar-refractivity contribution in [1.29, 1.82) is 0 Å². The number of aryl methyl sites for hydroxylation is 2. The number of rotatable bonds is 6. The Morgan fingerprint density at radius 3 is 2.39 bits per heavy atom. The number of carbonyl (C=O) groups excluding carboxylic acids is 1. The maximum atomic E-state index is 13.2. The van der Waals surface area contributed by atoms with Crippen molar-refractivity contribution >= 4 is 15.7 Å². The van der Waals surface area contributed by atoms with Crippen molar-refractivity contribution in [3.05, 3.63) is 29.3 Å². The van der Waals surface area contributed by atoms with Crippen LogP contribution in [0.1, 0.15) is 56.6 Å². The second-order valence-electron chi connectivity index (χ2n) is 6.56. The summed E-state index contributed by atoms with van der Waals surface area (Å²) < 4.78 is 25.2. The van der Waals surface area contributed by atoms with E-state index in [1.54, 1.807) is 12.1 Å². The predicted octanol–water partition coefficient (Wildman–Crippen LogP) is 3.31. The molecule has 0 heterocycles. The normalized spacial score (nSPS) is 17.2. The number of sulfone groups is 1. The number of unbranched alkanes of at least 4 members (excludes halogenated alkanes) is 1. The lowest BCUT2D eigenvalue weighted by atomic mass is 10.1. The fourth-order valence-corrected chi connectivity index (χ4v) is 5.38. The molecule has 1 amide bonds. The van der Waals surface area contributed by atoms with Gasteiger partial charge in [-0.2, -0.15) is 0 Å². The minimum Gasteiger partial charge on any atom is -0.355 e. The Morgan fingerprint density at radius 1 is 1.17 bits per heavy atom. The number of benzene rings is 1. The topological polar surface area (TPSA) is 63.2 Å². The van der Waals surface area contributed by atoms with Crippen LogP contribution in [-0.4, -0.2) is 25.6 Å². The molecule has 4 nitrogen and oxygen atoms in total. The molecule has 1 aliphatic rings. The van der Waals surface area contributed by atoms with Gasteiger partial charge in [0.05, 0.1) is 4.90 Å². The van der Waals surface area contributed by atoms with Crippen LogP contribution in [0, 0.1) is 13.8 Å². The molecule has 0 aromatic heterocycles. The van der Waals surface area contributed by atoms with Gasteiger partial charge in [-0.1, -0.05) is 32.3 Å². The minimum atomic E-state index is -3.69. The van der Waals surface area contributed by atoms with Crippen LogP contribution in [0.2, 0.25) is 0 Å². The van der Waals surface area contributed by atoms with Crippen molar-refractivity contribution in [2.75, 3.05) is 6.54 Å². The second kappa shape index (κ2) is 7.04. The molecule has 0 bridgehead atoms. The van der Waals surface area contributed by atoms with Crippen LogP contribution in [0.5, 0.6) is 0 Å². The first-order chi connectivity index (χ1) is 10.8. The van der Waals surface area contributed by atoms with Gasteiger partial charge in [0, 0.05) is 6.54 Å². The van der Waals surface area contributed by atoms with Crippen LogP contribution in [0.3, 0.4) is 0 Å². The molecule has 128 valence electrons. The SMILES string of the molecule is CCCCNC(=O)C1(S(=O)(=O)c2ccc(C)c(C)c2)CCCC1. The Morgan fingerprint density at radius 2 is 1.83 bits per heavy atom. The van der Waals surface area contributed by atoms with E-state index in [1.807, 2.05) is 26.8 Å². The predicted molar refractivity (Wildman–Crippen MR) is 92.2 cm³/mol. The van der Waals surface area contributed by atoms with Gasteiger partial charge in [-0.3, -0.25) is 4.79 Å². The van der Waals surface area contributed by atoms with Crippen LogP contribution < -0.4 is 5.32 Å². The quantitative estimate of drug-likeness (QED) is 0.810. The van der Waals surface area contributed by atoms with Gasteiger partial charge in [-0.05, 0) is 56.4 Å². The number of amides is 1. The first-order valence-corrected chi connectivity index (χ1v) is 9.93. The molecule has 1 N–H and O–H groups in total. The standard InChI is InChI=1S/C18H27NO3S/c1-4-5-12-19-17(20)18(10-6-7-11-18)23(21,22)16-9-8-14(2)15(3)13-16/h8-9,13H,4-7,10-12H2,1-3H3,(H,19,20). The van der Waals surface area contributed by atoms with E-state index >= 15 is 0 Å². The third-order valence-electron chi connectivity index (χ3n) is 4.94. The molecule has 0 atom stereocenters. The van der Waals surface area contributed by atoms with Gasteiger partial charge in [-0.25, -0.2) is 8.42 Å². The third-order valence-corrected chi connectivity index (χ3v) is 7.44. The van der Waals surface area contributed by atoms with Crippen molar-refractivity contribution < 1.29 is 13.2 Å². The van der Waals surface area contributed by atoms with Gasteiger partial charge in [0.1, 0.15) is 0 Å². The molecule has 0 saturated heterocycles. The highest BCUT2D eigenvalue weighted by Gasteiger charge is 2.52. The monoisotopic (exact) mass is 337 g/mol. The Kier molecular flexibility index (Phi) is 5.50. The van der Waals surface area contributed by atoms with Crippen molar-refractivity contribution in [2.45, 2.75) is 68.9 Å². The molecule has 2 rings (SSSR count). The van der Waals surface area contributed by atoms with Crippen molar-refractivity contribution in [2.24, 2.45) is 0 Å². The fourth-order valence-electron chi connectivity index (χ4n) is 3.21. The molecule has 0 radical (unpaired) electrons. The zero-order valence-corrected chi connectivity index (χ0v) is 15.1. The molecule has 0 aliphatic heterocycles. The number of nitrogens with one attached hydrogen (secondary N) is 1. The number of hydrogen-bond acceptors (Lipinski definition) is 3. The Labute approximate surface area is 139 Å². The molecule has 1 aromatic rings. The summed E-state index contributed by atoms with van der Waals surface area (Å²) >= 11 is 0. The van der Waals surface area contributed by atoms with Crippen LogP contribution in [0.25, 0.3) is 0 Å². The van der Waals surface area contributed by atoms with E-state index in [0.717, 1.165) is 36.8 Å². The average Bonchev–Trinajstić information content (AvgIpc) is 3.01. The molecule has 5 heteroatoms. The molecule has 1 saturated carbocycles. The summed E-state index contributed by atoms with van der Waals surface area (Å²) in [6.45, 7) is 6.44. The van der Waals surface area contributed by atoms with Gasteiger partial charge in [-0.15, -0.1) is 0 Å². The average molecular weight is 337 g/mol. The number of carbonyl (C=O) groups is 1. The van der Waals surface area contributed by atoms with E-state index in [4.69, 9.17) is 0 Å². The molecule has 1 aliphatic carbocycles. The van der Waals surface area contributed by atoms with E-state index in [9.17, 15) is 13.2 Å². The second-order valence-corrected chi connectivity index (χ2v) is 8.82. The largest absolute Gasteiger partial charge is 0.355 e. The summed E-state index contributed by atoms with van der Waals surface area (Å²) in [5.41, 5.74) is 1.99. The van der Waals surface area contributed by atoms with Crippen LogP contribution in [0.4, 0.5) is 0 Å². The number of hydrogen-bond donors (Lipinski definition) is 1. The molecular weight excluding hydrogens is 310 g/mol. The van der Waals surface area contributed by atoms with Gasteiger partial charge in [0.2, 0.25) is 5.91 Å². The fraction of sp³-hybridized carbons (Fsp3) is 0.611. The van der Waals surface area contributed by atoms with E-state index in [-0.39, 0.29) is 10.8 Å². The Hall–Kier alpha value is -1.36. The lowest BCUT2D eigenvalue weighted by Crippen LogP contribution is -2.50. The summed E-state index contributed by atoms with van der Waals surface area (Å²) in [5, 5.41) is 2.85. The van der Waals surface area contributed by atoms with Crippen molar-refractivity contribution in [3.63, 3.8) is 0 Å². The first kappa shape index (κ1) is 18.0. The van der Waals surface area contributed by atoms with Gasteiger partial charge in [0.15, 0.2) is 14.6 Å². The molecule has 23 heavy (non-hydrogen) atoms. The van der Waals surface area contributed by atoms with Crippen molar-refractivity contribution in [3.8, 4) is 0 Å². The maximum absolute atomic E-state index is 13.2. The summed E-state index contributed by atoms with van der Waals surface area (Å²) in [6, 6.07) is 5.15. The molecule has 1 fully saturated rings. The van der Waals surface area contributed by atoms with E-state index in [1.165, 1.54) is 0 Å². The molecular formula is C18H27NO3S. The Balaban J connectivity index is 2.38. The lowest BCUT2D eigenvalue weighted by Gasteiger charge is -2.28. The molecule has 0 unspecified atom stereocenters. The highest BCUT2D eigenvalue weighted by Crippen LogP contribution is 2.41. The zero-order chi connectivity index (χ0) is 17.1. The van der Waals surface area contributed by atoms with E-state index in [2.05, 4.69) is 5.32 Å². The zero-order valence-electron chi connectivity index (χ0n) is 14.3. The highest BCUT2D eigenvalue weighted by atomic mass is 32.2. The summed E-state index contributed by atoms with van der Waals surface area (Å²) in [7, 11) is -3.69. The summed E-state index contributed by atoms with van der Waals surface area (Å²) in [6.07, 6.45) is 4.24. The van der Waals surface area contributed by atoms with Gasteiger partial charge < -0.3 is 5.32 Å². The van der Waals surface area contributed by atoms with Crippen LogP contribution in [-0.2, 0) is 14.6 Å². The maximum Gasteiger partial charge on any atom is 0.241 e. The smallest absolute Gasteiger partial charge is 0.241 e. The third kappa shape index (κ3) is 3.30. The van der Waals surface area contributed by atoms with Crippen LogP contribution >= 0.6 is 0 Å². The Bertz CT molecular complexity index is 674. The van der Waals surface area contributed by atoms with Crippen LogP contribution in [0.15, 0.2) is 23.1 Å². The first-order valence-electron chi connectivity index (χ1n) is 8.45. The van der Waals surface area contributed by atoms with Gasteiger partial charge >= 0.3 is 0 Å². The van der Waals surface area contributed by atoms with E-state index in [0.29, 0.717) is 19.4 Å². The summed E-state index contributed by atoms with van der Waals surface area (Å²) in [4.78, 5) is 13.0.